The van der Waals surface area contributed by atoms with E-state index < -0.39 is 0 Å². The maximum atomic E-state index is 4.86. The van der Waals surface area contributed by atoms with Gasteiger partial charge in [-0.05, 0) is 50.5 Å². The molecule has 0 saturated carbocycles. The molecular weight excluding hydrogens is 300 g/mol. The van der Waals surface area contributed by atoms with E-state index in [1.54, 1.807) is 10.8 Å². The summed E-state index contributed by atoms with van der Waals surface area (Å²) in [7, 11) is 0. The number of hydrogen-bond acceptors (Lipinski definition) is 4. The summed E-state index contributed by atoms with van der Waals surface area (Å²) in [5.41, 5.74) is 6.56. The van der Waals surface area contributed by atoms with Gasteiger partial charge in [0.1, 0.15) is 6.33 Å². The van der Waals surface area contributed by atoms with Crippen LogP contribution in [0.1, 0.15) is 23.4 Å². The molecule has 0 saturated heterocycles. The molecule has 0 atom stereocenters. The third-order valence-electron chi connectivity index (χ3n) is 4.55. The second-order valence-corrected chi connectivity index (χ2v) is 6.16. The van der Waals surface area contributed by atoms with Crippen LogP contribution in [0.15, 0.2) is 42.9 Å². The second kappa shape index (κ2) is 4.99. The third kappa shape index (κ3) is 1.96. The minimum atomic E-state index is 0.843. The molecule has 6 heteroatoms. The lowest BCUT2D eigenvalue weighted by Crippen LogP contribution is -2.05. The van der Waals surface area contributed by atoms with Crippen LogP contribution >= 0.6 is 0 Å². The minimum absolute atomic E-state index is 0.843. The molecular formula is C18H16N6. The van der Waals surface area contributed by atoms with Gasteiger partial charge >= 0.3 is 0 Å². The molecule has 0 N–H and O–H groups in total. The van der Waals surface area contributed by atoms with Gasteiger partial charge in [0.25, 0.3) is 0 Å². The van der Waals surface area contributed by atoms with Gasteiger partial charge in [-0.25, -0.2) is 19.2 Å². The zero-order valence-corrected chi connectivity index (χ0v) is 13.3. The van der Waals surface area contributed by atoms with E-state index in [1.807, 2.05) is 42.1 Å². The van der Waals surface area contributed by atoms with E-state index in [2.05, 4.69) is 21.1 Å². The first-order valence-corrected chi connectivity index (χ1v) is 8.14. The highest BCUT2D eigenvalue weighted by molar-refractivity contribution is 5.68. The van der Waals surface area contributed by atoms with E-state index in [4.69, 9.17) is 5.10 Å². The molecule has 0 radical (unpaired) electrons. The van der Waals surface area contributed by atoms with Crippen LogP contribution in [-0.2, 0) is 12.8 Å². The Morgan fingerprint density at radius 3 is 2.96 bits per heavy atom. The van der Waals surface area contributed by atoms with E-state index in [0.29, 0.717) is 0 Å². The Balaban J connectivity index is 1.77. The summed E-state index contributed by atoms with van der Waals surface area (Å²) in [6.07, 6.45) is 6.85. The van der Waals surface area contributed by atoms with Crippen molar-refractivity contribution in [2.75, 3.05) is 0 Å². The first-order chi connectivity index (χ1) is 11.8. The van der Waals surface area contributed by atoms with Crippen molar-refractivity contribution in [3.63, 3.8) is 0 Å². The van der Waals surface area contributed by atoms with Crippen LogP contribution in [0.5, 0.6) is 0 Å². The molecule has 0 amide bonds. The summed E-state index contributed by atoms with van der Waals surface area (Å²) in [4.78, 5) is 8.88. The highest BCUT2D eigenvalue weighted by atomic mass is 15.3. The van der Waals surface area contributed by atoms with Crippen molar-refractivity contribution < 1.29 is 0 Å². The summed E-state index contributed by atoms with van der Waals surface area (Å²) in [5, 5.41) is 9.11. The lowest BCUT2D eigenvalue weighted by atomic mass is 10.1. The molecule has 0 spiro atoms. The molecule has 0 aromatic carbocycles. The molecule has 1 aliphatic rings. The van der Waals surface area contributed by atoms with Gasteiger partial charge in [-0.15, -0.1) is 0 Å². The zero-order chi connectivity index (χ0) is 16.1. The molecule has 0 unspecified atom stereocenters. The van der Waals surface area contributed by atoms with Crippen molar-refractivity contribution in [1.82, 2.24) is 29.4 Å². The first kappa shape index (κ1) is 13.4. The second-order valence-electron chi connectivity index (χ2n) is 6.16. The van der Waals surface area contributed by atoms with Crippen LogP contribution in [0.4, 0.5) is 0 Å². The van der Waals surface area contributed by atoms with Gasteiger partial charge in [0.05, 0.1) is 11.4 Å². The summed E-state index contributed by atoms with van der Waals surface area (Å²) in [6, 6.07) is 10.1. The molecule has 4 aromatic heterocycles. The Morgan fingerprint density at radius 2 is 2.04 bits per heavy atom. The van der Waals surface area contributed by atoms with Crippen LogP contribution in [0.25, 0.3) is 22.7 Å². The molecule has 1 aliphatic carbocycles. The normalized spacial score (nSPS) is 13.5. The van der Waals surface area contributed by atoms with Crippen molar-refractivity contribution in [3.8, 4) is 17.1 Å². The Kier molecular flexibility index (Phi) is 2.79. The van der Waals surface area contributed by atoms with Crippen LogP contribution < -0.4 is 0 Å². The van der Waals surface area contributed by atoms with Gasteiger partial charge in [0.15, 0.2) is 11.5 Å². The van der Waals surface area contributed by atoms with Gasteiger partial charge < -0.3 is 0 Å². The average Bonchev–Trinajstić information content (AvgIpc) is 3.29. The minimum Gasteiger partial charge on any atom is -0.234 e. The lowest BCUT2D eigenvalue weighted by molar-refractivity contribution is 0.786. The van der Waals surface area contributed by atoms with E-state index in [1.165, 1.54) is 17.7 Å². The van der Waals surface area contributed by atoms with Crippen LogP contribution in [0.2, 0.25) is 0 Å². The highest BCUT2D eigenvalue weighted by Gasteiger charge is 2.24. The smallest absolute Gasteiger partial charge is 0.155 e. The number of aryl methyl sites for hydroxylation is 2. The number of aromatic nitrogens is 6. The number of hydrogen-bond donors (Lipinski definition) is 0. The van der Waals surface area contributed by atoms with Crippen molar-refractivity contribution in [2.24, 2.45) is 0 Å². The average molecular weight is 316 g/mol. The van der Waals surface area contributed by atoms with Crippen LogP contribution in [0.3, 0.4) is 0 Å². The number of rotatable bonds is 2. The monoisotopic (exact) mass is 316 g/mol. The molecule has 4 heterocycles. The molecule has 4 aromatic rings. The fraction of sp³-hybridized carbons (Fsp3) is 0.222. The first-order valence-electron chi connectivity index (χ1n) is 8.14. The number of nitrogens with zero attached hydrogens (tertiary/aromatic N) is 6. The van der Waals surface area contributed by atoms with E-state index in [9.17, 15) is 0 Å². The Bertz CT molecular complexity index is 1060. The molecule has 118 valence electrons. The van der Waals surface area contributed by atoms with Gasteiger partial charge in [-0.1, -0.05) is 6.07 Å². The maximum Gasteiger partial charge on any atom is 0.155 e. The maximum absolute atomic E-state index is 4.86. The fourth-order valence-corrected chi connectivity index (χ4v) is 3.46. The van der Waals surface area contributed by atoms with Gasteiger partial charge in [0.2, 0.25) is 0 Å². The van der Waals surface area contributed by atoms with Crippen molar-refractivity contribution >= 4 is 5.65 Å². The molecule has 0 bridgehead atoms. The van der Waals surface area contributed by atoms with Gasteiger partial charge in [-0.3, -0.25) is 0 Å². The standard InChI is InChI=1S/C18H16N6/c1-12-4-2-7-17(21-12)24-18(14-5-3-6-15(14)22-24)13-8-9-16-19-11-20-23(16)10-13/h2,4,7-11H,3,5-6H2,1H3. The molecule has 0 aliphatic heterocycles. The van der Waals surface area contributed by atoms with E-state index >= 15 is 0 Å². The lowest BCUT2D eigenvalue weighted by Gasteiger charge is -2.10. The summed E-state index contributed by atoms with van der Waals surface area (Å²) < 4.78 is 3.78. The van der Waals surface area contributed by atoms with Gasteiger partial charge in [0, 0.05) is 23.0 Å². The molecule has 0 fully saturated rings. The topological polar surface area (TPSA) is 60.9 Å². The van der Waals surface area contributed by atoms with E-state index in [0.717, 1.165) is 41.3 Å². The highest BCUT2D eigenvalue weighted by Crippen LogP contribution is 2.34. The molecule has 24 heavy (non-hydrogen) atoms. The van der Waals surface area contributed by atoms with E-state index in [-0.39, 0.29) is 0 Å². The summed E-state index contributed by atoms with van der Waals surface area (Å²) in [5.74, 6) is 0.859. The Morgan fingerprint density at radius 1 is 1.08 bits per heavy atom. The zero-order valence-electron chi connectivity index (χ0n) is 13.3. The third-order valence-corrected chi connectivity index (χ3v) is 4.55. The van der Waals surface area contributed by atoms with Gasteiger partial charge in [-0.2, -0.15) is 10.2 Å². The fourth-order valence-electron chi connectivity index (χ4n) is 3.46. The predicted octanol–water partition coefficient (Wildman–Crippen LogP) is 2.77. The van der Waals surface area contributed by atoms with Crippen molar-refractivity contribution in [1.29, 1.82) is 0 Å². The number of fused-ring (bicyclic) bond motifs is 2. The van der Waals surface area contributed by atoms with Crippen molar-refractivity contribution in [3.05, 3.63) is 59.8 Å². The molecule has 6 nitrogen and oxygen atoms in total. The van der Waals surface area contributed by atoms with Crippen LogP contribution in [0, 0.1) is 6.92 Å². The largest absolute Gasteiger partial charge is 0.234 e. The summed E-state index contributed by atoms with van der Waals surface area (Å²) >= 11 is 0. The SMILES string of the molecule is Cc1cccc(-n2nc3c(c2-c2ccc4ncnn4c2)CCC3)n1. The van der Waals surface area contributed by atoms with Crippen molar-refractivity contribution in [2.45, 2.75) is 26.2 Å². The van der Waals surface area contributed by atoms with Crippen LogP contribution in [-0.4, -0.2) is 29.4 Å². The number of pyridine rings is 2. The summed E-state index contributed by atoms with van der Waals surface area (Å²) in [6.45, 7) is 2.00. The Hall–Kier alpha value is -3.02. The Labute approximate surface area is 138 Å². The predicted molar refractivity (Wildman–Crippen MR) is 90.1 cm³/mol. The quantitative estimate of drug-likeness (QED) is 0.570. The molecule has 5 rings (SSSR count).